The van der Waals surface area contributed by atoms with Crippen molar-refractivity contribution in [2.24, 2.45) is 0 Å². The summed E-state index contributed by atoms with van der Waals surface area (Å²) in [4.78, 5) is -0.896. The van der Waals surface area contributed by atoms with E-state index < -0.39 is 9.75 Å². The Morgan fingerprint density at radius 2 is 1.04 bits per heavy atom. The van der Waals surface area contributed by atoms with Crippen LogP contribution in [-0.2, 0) is 31.5 Å². The second-order valence-corrected chi connectivity index (χ2v) is 8.22. The molecule has 2 unspecified atom stereocenters. The normalized spacial score (nSPS) is 26.4. The van der Waals surface area contributed by atoms with Gasteiger partial charge in [-0.1, -0.05) is 60.7 Å². The van der Waals surface area contributed by atoms with Crippen LogP contribution in [-0.4, -0.2) is 0 Å². The van der Waals surface area contributed by atoms with Gasteiger partial charge in [-0.15, -0.1) is 23.2 Å². The fourth-order valence-corrected chi connectivity index (χ4v) is 4.74. The molecule has 0 nitrogen and oxygen atoms in total. The molecule has 2 aromatic carbocycles. The molecule has 0 amide bonds. The van der Waals surface area contributed by atoms with Crippen LogP contribution in [0.15, 0.2) is 59.7 Å². The Labute approximate surface area is 174 Å². The van der Waals surface area contributed by atoms with E-state index in [1.807, 2.05) is 0 Å². The Kier molecular flexibility index (Phi) is 5.12. The summed E-state index contributed by atoms with van der Waals surface area (Å²) in [6.45, 7) is 4.25. The fraction of sp³-hybridized carbons (Fsp3) is 0.273. The standard InChI is InChI=1S/C22H20Cl2.Ti/c1-15-13-17-7-3-5-9-19(17)21(15,23)11-12-22(24)16(2)14-18-8-4-6-10-20(18)22;/h3-10,13-14H,11-12H2,1-2H3;. The van der Waals surface area contributed by atoms with E-state index in [1.165, 1.54) is 33.4 Å². The first-order valence-corrected chi connectivity index (χ1v) is 9.15. The smallest absolute Gasteiger partial charge is 0.0911 e. The van der Waals surface area contributed by atoms with E-state index >= 15 is 0 Å². The van der Waals surface area contributed by atoms with Gasteiger partial charge in [0.25, 0.3) is 0 Å². The molecule has 0 aromatic heterocycles. The Morgan fingerprint density at radius 1 is 0.680 bits per heavy atom. The summed E-state index contributed by atoms with van der Waals surface area (Å²) in [6, 6.07) is 16.8. The van der Waals surface area contributed by atoms with E-state index in [0.717, 1.165) is 12.8 Å². The molecule has 0 N–H and O–H groups in total. The zero-order valence-corrected chi connectivity index (χ0v) is 17.5. The molecule has 2 aliphatic carbocycles. The summed E-state index contributed by atoms with van der Waals surface area (Å²) in [6.07, 6.45) is 6.04. The number of hydrogen-bond acceptors (Lipinski definition) is 0. The molecule has 2 aliphatic rings. The van der Waals surface area contributed by atoms with Crippen LogP contribution in [0.2, 0.25) is 0 Å². The Morgan fingerprint density at radius 3 is 1.44 bits per heavy atom. The van der Waals surface area contributed by atoms with Crippen molar-refractivity contribution in [3.05, 3.63) is 81.9 Å². The number of allylic oxidation sites excluding steroid dienone is 2. The third-order valence-corrected chi connectivity index (χ3v) is 6.96. The summed E-state index contributed by atoms with van der Waals surface area (Å²) < 4.78 is 0. The van der Waals surface area contributed by atoms with Crippen molar-refractivity contribution in [3.8, 4) is 0 Å². The number of rotatable bonds is 3. The SMILES string of the molecule is CC1=Cc2ccccc2C1(Cl)CCC1(Cl)C(C)=Cc2ccccc21.[Ti]. The van der Waals surface area contributed by atoms with Crippen molar-refractivity contribution < 1.29 is 21.7 Å². The second kappa shape index (κ2) is 6.74. The predicted octanol–water partition coefficient (Wildman–Crippen LogP) is 6.87. The fourth-order valence-electron chi connectivity index (χ4n) is 4.10. The van der Waals surface area contributed by atoms with Gasteiger partial charge in [-0.3, -0.25) is 0 Å². The van der Waals surface area contributed by atoms with Crippen molar-refractivity contribution >= 4 is 35.4 Å². The molecule has 0 aliphatic heterocycles. The van der Waals surface area contributed by atoms with Crippen LogP contribution in [0.5, 0.6) is 0 Å². The van der Waals surface area contributed by atoms with Gasteiger partial charge in [0.2, 0.25) is 0 Å². The maximum Gasteiger partial charge on any atom is 0.0911 e. The van der Waals surface area contributed by atoms with Gasteiger partial charge in [0.1, 0.15) is 0 Å². The number of hydrogen-bond donors (Lipinski definition) is 0. The van der Waals surface area contributed by atoms with Crippen LogP contribution >= 0.6 is 23.2 Å². The summed E-state index contributed by atoms with van der Waals surface area (Å²) >= 11 is 14.2. The zero-order chi connectivity index (χ0) is 16.9. The first-order chi connectivity index (χ1) is 11.4. The molecule has 2 atom stereocenters. The third kappa shape index (κ3) is 2.88. The van der Waals surface area contributed by atoms with Crippen molar-refractivity contribution in [2.45, 2.75) is 36.4 Å². The summed E-state index contributed by atoms with van der Waals surface area (Å²) in [5.74, 6) is 0. The first-order valence-electron chi connectivity index (χ1n) is 8.39. The molecular weight excluding hydrogens is 383 g/mol. The van der Waals surface area contributed by atoms with E-state index in [0.29, 0.717) is 0 Å². The zero-order valence-electron chi connectivity index (χ0n) is 14.4. The third-order valence-electron chi connectivity index (χ3n) is 5.58. The van der Waals surface area contributed by atoms with Crippen LogP contribution in [0.1, 0.15) is 48.9 Å². The summed E-state index contributed by atoms with van der Waals surface area (Å²) in [5, 5.41) is 0. The number of alkyl halides is 2. The van der Waals surface area contributed by atoms with Crippen LogP contribution in [0.3, 0.4) is 0 Å². The number of halogens is 2. The van der Waals surface area contributed by atoms with Crippen molar-refractivity contribution in [1.29, 1.82) is 0 Å². The minimum absolute atomic E-state index is 0. The first kappa shape index (κ1) is 19.0. The van der Waals surface area contributed by atoms with Gasteiger partial charge in [-0.05, 0) is 60.1 Å². The number of benzene rings is 2. The molecule has 4 rings (SSSR count). The van der Waals surface area contributed by atoms with Crippen LogP contribution in [0, 0.1) is 0 Å². The van der Waals surface area contributed by atoms with Gasteiger partial charge in [-0.2, -0.15) is 0 Å². The van der Waals surface area contributed by atoms with Crippen LogP contribution in [0.25, 0.3) is 12.2 Å². The predicted molar refractivity (Wildman–Crippen MR) is 104 cm³/mol. The molecule has 0 heterocycles. The van der Waals surface area contributed by atoms with Crippen molar-refractivity contribution in [1.82, 2.24) is 0 Å². The molecule has 0 saturated carbocycles. The summed E-state index contributed by atoms with van der Waals surface area (Å²) in [5.41, 5.74) is 7.28. The second-order valence-electron chi connectivity index (χ2n) is 6.93. The van der Waals surface area contributed by atoms with Crippen LogP contribution in [0.4, 0.5) is 0 Å². The minimum atomic E-state index is -0.448. The maximum atomic E-state index is 7.12. The maximum absolute atomic E-state index is 7.12. The molecule has 0 spiro atoms. The van der Waals surface area contributed by atoms with Gasteiger partial charge < -0.3 is 0 Å². The molecule has 0 fully saturated rings. The van der Waals surface area contributed by atoms with Gasteiger partial charge in [0.05, 0.1) is 9.75 Å². The monoisotopic (exact) mass is 402 g/mol. The quantitative estimate of drug-likeness (QED) is 0.388. The van der Waals surface area contributed by atoms with Crippen molar-refractivity contribution in [2.75, 3.05) is 0 Å². The Bertz CT molecular complexity index is 810. The Balaban J connectivity index is 0.00000182. The van der Waals surface area contributed by atoms with E-state index in [4.69, 9.17) is 23.2 Å². The van der Waals surface area contributed by atoms with Gasteiger partial charge in [0.15, 0.2) is 0 Å². The molecule has 0 radical (unpaired) electrons. The van der Waals surface area contributed by atoms with E-state index in [9.17, 15) is 0 Å². The largest absolute Gasteiger partial charge is 0.109 e. The average Bonchev–Trinajstić information content (AvgIpc) is 2.99. The molecule has 2 aromatic rings. The van der Waals surface area contributed by atoms with E-state index in [1.54, 1.807) is 0 Å². The average molecular weight is 403 g/mol. The molecule has 3 heteroatoms. The van der Waals surface area contributed by atoms with E-state index in [-0.39, 0.29) is 21.7 Å². The minimum Gasteiger partial charge on any atom is -0.109 e. The van der Waals surface area contributed by atoms with Gasteiger partial charge in [-0.25, -0.2) is 0 Å². The summed E-state index contributed by atoms with van der Waals surface area (Å²) in [7, 11) is 0. The Hall–Kier alpha value is -0.786. The molecule has 25 heavy (non-hydrogen) atoms. The van der Waals surface area contributed by atoms with Gasteiger partial charge in [0, 0.05) is 21.7 Å². The van der Waals surface area contributed by atoms with Gasteiger partial charge >= 0.3 is 0 Å². The van der Waals surface area contributed by atoms with E-state index in [2.05, 4.69) is 74.5 Å². The van der Waals surface area contributed by atoms with Crippen LogP contribution < -0.4 is 0 Å². The molecule has 126 valence electrons. The number of fused-ring (bicyclic) bond motifs is 2. The van der Waals surface area contributed by atoms with Crippen molar-refractivity contribution in [3.63, 3.8) is 0 Å². The molecule has 0 saturated heterocycles. The molecular formula is C22H20Cl2Ti. The molecule has 0 bridgehead atoms. The topological polar surface area (TPSA) is 0 Å².